The van der Waals surface area contributed by atoms with Crippen molar-refractivity contribution in [2.45, 2.75) is 6.92 Å². The van der Waals surface area contributed by atoms with Crippen LogP contribution in [0.3, 0.4) is 0 Å². The van der Waals surface area contributed by atoms with Crippen molar-refractivity contribution in [1.29, 1.82) is 0 Å². The molecule has 0 aliphatic rings. The lowest BCUT2D eigenvalue weighted by Gasteiger charge is -2.05. The van der Waals surface area contributed by atoms with E-state index in [0.29, 0.717) is 10.8 Å². The summed E-state index contributed by atoms with van der Waals surface area (Å²) in [5, 5.41) is 4.92. The van der Waals surface area contributed by atoms with E-state index >= 15 is 0 Å². The van der Waals surface area contributed by atoms with Crippen LogP contribution in [0.2, 0.25) is 5.02 Å². The molecule has 5 heteroatoms. The number of hydrogen-bond donors (Lipinski definition) is 1. The van der Waals surface area contributed by atoms with Crippen molar-refractivity contribution < 1.29 is 4.42 Å². The monoisotopic (exact) mass is 436 g/mol. The summed E-state index contributed by atoms with van der Waals surface area (Å²) in [4.78, 5) is 0. The molecule has 0 aliphatic carbocycles. The van der Waals surface area contributed by atoms with E-state index < -0.39 is 0 Å². The number of nitrogens with one attached hydrogen (secondary N) is 1. The van der Waals surface area contributed by atoms with E-state index in [0.717, 1.165) is 22.6 Å². The molecule has 1 N–H and O–H groups in total. The van der Waals surface area contributed by atoms with E-state index in [1.165, 1.54) is 3.57 Å². The third-order valence-corrected chi connectivity index (χ3v) is 4.53. The first-order valence-corrected chi connectivity index (χ1v) is 8.49. The molecule has 0 radical (unpaired) electrons. The first kappa shape index (κ1) is 16.1. The average Bonchev–Trinajstić information content (AvgIpc) is 3.01. The summed E-state index contributed by atoms with van der Waals surface area (Å²) in [6.07, 6.45) is 1.65. The van der Waals surface area contributed by atoms with Gasteiger partial charge in [-0.25, -0.2) is 0 Å². The molecule has 0 fully saturated rings. The van der Waals surface area contributed by atoms with E-state index in [9.17, 15) is 0 Å². The lowest BCUT2D eigenvalue weighted by molar-refractivity contribution is 0.575. The molecule has 0 aliphatic heterocycles. The summed E-state index contributed by atoms with van der Waals surface area (Å²) in [6.45, 7) is 1.95. The highest BCUT2D eigenvalue weighted by atomic mass is 127. The molecule has 0 spiro atoms. The van der Waals surface area contributed by atoms with Gasteiger partial charge in [-0.15, -0.1) is 0 Å². The fraction of sp³-hybridized carbons (Fsp3) is 0.0556. The lowest BCUT2D eigenvalue weighted by Crippen LogP contribution is -1.92. The van der Waals surface area contributed by atoms with Gasteiger partial charge in [-0.2, -0.15) is 5.10 Å². The van der Waals surface area contributed by atoms with Crippen molar-refractivity contribution in [2.24, 2.45) is 5.10 Å². The Labute approximate surface area is 153 Å². The fourth-order valence-electron chi connectivity index (χ4n) is 2.09. The molecule has 2 aromatic carbocycles. The molecular weight excluding hydrogens is 423 g/mol. The smallest absolute Gasteiger partial charge is 0.147 e. The first-order valence-electron chi connectivity index (χ1n) is 7.03. The van der Waals surface area contributed by atoms with Crippen molar-refractivity contribution in [2.75, 3.05) is 5.43 Å². The van der Waals surface area contributed by atoms with Gasteiger partial charge in [0, 0.05) is 14.2 Å². The topological polar surface area (TPSA) is 37.5 Å². The second kappa shape index (κ2) is 7.19. The zero-order chi connectivity index (χ0) is 16.2. The first-order chi connectivity index (χ1) is 11.1. The van der Waals surface area contributed by atoms with Crippen LogP contribution in [0.5, 0.6) is 0 Å². The summed E-state index contributed by atoms with van der Waals surface area (Å²) in [5.74, 6) is 1.51. The number of anilines is 1. The second-order valence-electron chi connectivity index (χ2n) is 4.99. The highest BCUT2D eigenvalue weighted by Gasteiger charge is 2.04. The van der Waals surface area contributed by atoms with Crippen LogP contribution in [0.4, 0.5) is 5.69 Å². The quantitative estimate of drug-likeness (QED) is 0.311. The number of nitrogens with zero attached hydrogens (tertiary/aromatic N) is 1. The molecular formula is C18H14ClIN2O. The highest BCUT2D eigenvalue weighted by Crippen LogP contribution is 2.24. The van der Waals surface area contributed by atoms with Crippen LogP contribution in [-0.2, 0) is 0 Å². The molecule has 1 heterocycles. The van der Waals surface area contributed by atoms with Gasteiger partial charge in [0.15, 0.2) is 0 Å². The van der Waals surface area contributed by atoms with Crippen molar-refractivity contribution in [3.63, 3.8) is 0 Å². The van der Waals surface area contributed by atoms with Crippen LogP contribution < -0.4 is 5.43 Å². The minimum Gasteiger partial charge on any atom is -0.455 e. The molecule has 0 atom stereocenters. The number of hydrogen-bond acceptors (Lipinski definition) is 3. The number of rotatable bonds is 4. The molecule has 0 unspecified atom stereocenters. The zero-order valence-corrected chi connectivity index (χ0v) is 15.3. The summed E-state index contributed by atoms with van der Waals surface area (Å²) in [6, 6.07) is 17.7. The Morgan fingerprint density at radius 1 is 1.09 bits per heavy atom. The van der Waals surface area contributed by atoms with Crippen molar-refractivity contribution in [3.8, 4) is 11.3 Å². The Balaban J connectivity index is 1.71. The normalized spacial score (nSPS) is 11.1. The molecule has 23 heavy (non-hydrogen) atoms. The van der Waals surface area contributed by atoms with E-state index in [1.807, 2.05) is 49.4 Å². The Kier molecular flexibility index (Phi) is 5.03. The number of benzene rings is 2. The van der Waals surface area contributed by atoms with Gasteiger partial charge in [0.1, 0.15) is 11.5 Å². The van der Waals surface area contributed by atoms with Gasteiger partial charge in [-0.3, -0.25) is 5.43 Å². The summed E-state index contributed by atoms with van der Waals surface area (Å²) >= 11 is 8.36. The molecule has 0 bridgehead atoms. The zero-order valence-electron chi connectivity index (χ0n) is 12.4. The van der Waals surface area contributed by atoms with E-state index in [1.54, 1.807) is 6.21 Å². The van der Waals surface area contributed by atoms with Gasteiger partial charge in [0.05, 0.1) is 11.9 Å². The van der Waals surface area contributed by atoms with Gasteiger partial charge >= 0.3 is 0 Å². The van der Waals surface area contributed by atoms with Crippen LogP contribution in [0.25, 0.3) is 11.3 Å². The summed E-state index contributed by atoms with van der Waals surface area (Å²) < 4.78 is 6.98. The number of furan rings is 1. The third kappa shape index (κ3) is 3.95. The summed E-state index contributed by atoms with van der Waals surface area (Å²) in [7, 11) is 0. The highest BCUT2D eigenvalue weighted by molar-refractivity contribution is 14.1. The maximum Gasteiger partial charge on any atom is 0.147 e. The molecule has 3 rings (SSSR count). The SMILES string of the molecule is Cc1c(Cl)cccc1NN=Cc1ccc(-c2ccc(I)cc2)o1. The molecule has 3 nitrogen and oxygen atoms in total. The minimum atomic E-state index is 0.686. The Bertz CT molecular complexity index is 840. The minimum absolute atomic E-state index is 0.686. The molecule has 116 valence electrons. The van der Waals surface area contributed by atoms with Gasteiger partial charge in [0.2, 0.25) is 0 Å². The maximum absolute atomic E-state index is 6.08. The lowest BCUT2D eigenvalue weighted by atomic mass is 10.2. The summed E-state index contributed by atoms with van der Waals surface area (Å²) in [5.41, 5.74) is 5.86. The van der Waals surface area contributed by atoms with Gasteiger partial charge in [-0.05, 0) is 71.5 Å². The predicted octanol–water partition coefficient (Wildman–Crippen LogP) is 5.96. The van der Waals surface area contributed by atoms with Gasteiger partial charge in [0.25, 0.3) is 0 Å². The molecule has 3 aromatic rings. The van der Waals surface area contributed by atoms with Crippen LogP contribution in [-0.4, -0.2) is 6.21 Å². The van der Waals surface area contributed by atoms with Crippen LogP contribution >= 0.6 is 34.2 Å². The largest absolute Gasteiger partial charge is 0.455 e. The number of hydrazone groups is 1. The molecule has 0 saturated carbocycles. The van der Waals surface area contributed by atoms with Crippen LogP contribution in [0.15, 0.2) is 64.1 Å². The Morgan fingerprint density at radius 2 is 1.87 bits per heavy atom. The Hall–Kier alpha value is -1.79. The van der Waals surface area contributed by atoms with Crippen molar-refractivity contribution >= 4 is 46.1 Å². The van der Waals surface area contributed by atoms with Gasteiger partial charge in [-0.1, -0.05) is 29.8 Å². The standard InChI is InChI=1S/C18H14ClIN2O/c1-12-16(19)3-2-4-17(12)22-21-11-15-9-10-18(23-15)13-5-7-14(20)8-6-13/h2-11,22H,1H3. The third-order valence-electron chi connectivity index (χ3n) is 3.40. The van der Waals surface area contributed by atoms with Crippen LogP contribution in [0, 0.1) is 10.5 Å². The van der Waals surface area contributed by atoms with E-state index in [-0.39, 0.29) is 0 Å². The molecule has 0 saturated heterocycles. The maximum atomic E-state index is 6.08. The molecule has 1 aromatic heterocycles. The van der Waals surface area contributed by atoms with Crippen molar-refractivity contribution in [3.05, 3.63) is 74.5 Å². The predicted molar refractivity (Wildman–Crippen MR) is 104 cm³/mol. The average molecular weight is 437 g/mol. The van der Waals surface area contributed by atoms with E-state index in [4.69, 9.17) is 16.0 Å². The number of halogens is 2. The second-order valence-corrected chi connectivity index (χ2v) is 6.64. The Morgan fingerprint density at radius 3 is 2.65 bits per heavy atom. The van der Waals surface area contributed by atoms with Crippen LogP contribution in [0.1, 0.15) is 11.3 Å². The fourth-order valence-corrected chi connectivity index (χ4v) is 2.62. The van der Waals surface area contributed by atoms with Gasteiger partial charge < -0.3 is 4.42 Å². The molecule has 0 amide bonds. The van der Waals surface area contributed by atoms with Crippen molar-refractivity contribution in [1.82, 2.24) is 0 Å². The van der Waals surface area contributed by atoms with E-state index in [2.05, 4.69) is 45.3 Å².